The summed E-state index contributed by atoms with van der Waals surface area (Å²) in [7, 11) is 0. The van der Waals surface area contributed by atoms with Crippen molar-refractivity contribution in [3.05, 3.63) is 90.0 Å². The van der Waals surface area contributed by atoms with E-state index in [1.54, 1.807) is 11.3 Å². The Labute approximate surface area is 198 Å². The summed E-state index contributed by atoms with van der Waals surface area (Å²) in [5, 5.41) is 2.36. The number of aromatic nitrogens is 1. The zero-order valence-corrected chi connectivity index (χ0v) is 20.0. The number of hydrogen-bond donors (Lipinski definition) is 1. The standard InChI is InChI=1S/C29H27N3S/c1-4-11-24(31-5-2)20-12-10-13-21(18-20)32-25-16-8-6-15-23(25)27(30)28(32)29-19(3)22-14-7-9-17-26(22)33-29/h5-18H,4,30H2,1-3H3/b24-11-,31-5?. The van der Waals surface area contributed by atoms with Crippen LogP contribution in [-0.2, 0) is 0 Å². The fourth-order valence-electron chi connectivity index (χ4n) is 4.54. The van der Waals surface area contributed by atoms with Crippen LogP contribution >= 0.6 is 11.3 Å². The second-order valence-corrected chi connectivity index (χ2v) is 9.15. The van der Waals surface area contributed by atoms with E-state index in [4.69, 9.17) is 5.73 Å². The highest BCUT2D eigenvalue weighted by molar-refractivity contribution is 7.22. The van der Waals surface area contributed by atoms with Crippen LogP contribution in [0.3, 0.4) is 0 Å². The van der Waals surface area contributed by atoms with Crippen molar-refractivity contribution in [3.8, 4) is 16.3 Å². The number of nitrogen functional groups attached to an aromatic ring is 1. The summed E-state index contributed by atoms with van der Waals surface area (Å²) in [6, 6.07) is 25.6. The van der Waals surface area contributed by atoms with Gasteiger partial charge < -0.3 is 10.3 Å². The summed E-state index contributed by atoms with van der Waals surface area (Å²) in [6.45, 7) is 6.29. The second-order valence-electron chi connectivity index (χ2n) is 8.10. The Morgan fingerprint density at radius 3 is 2.52 bits per heavy atom. The molecular formula is C29H27N3S. The zero-order chi connectivity index (χ0) is 22.9. The summed E-state index contributed by atoms with van der Waals surface area (Å²) in [5.41, 5.74) is 14.3. The lowest BCUT2D eigenvalue weighted by Crippen LogP contribution is -1.99. The Morgan fingerprint density at radius 2 is 1.76 bits per heavy atom. The number of hydrogen-bond acceptors (Lipinski definition) is 3. The van der Waals surface area contributed by atoms with Gasteiger partial charge in [0.1, 0.15) is 0 Å². The molecule has 0 radical (unpaired) electrons. The van der Waals surface area contributed by atoms with E-state index in [-0.39, 0.29) is 0 Å². The topological polar surface area (TPSA) is 43.3 Å². The van der Waals surface area contributed by atoms with Crippen molar-refractivity contribution >= 4 is 49.9 Å². The van der Waals surface area contributed by atoms with E-state index >= 15 is 0 Å². The van der Waals surface area contributed by atoms with Crippen LogP contribution < -0.4 is 5.73 Å². The minimum Gasteiger partial charge on any atom is -0.396 e. The molecule has 0 unspecified atom stereocenters. The molecule has 4 heteroatoms. The minimum atomic E-state index is 0.821. The van der Waals surface area contributed by atoms with E-state index < -0.39 is 0 Å². The van der Waals surface area contributed by atoms with Crippen molar-refractivity contribution in [2.45, 2.75) is 27.2 Å². The van der Waals surface area contributed by atoms with Gasteiger partial charge in [-0.1, -0.05) is 61.5 Å². The Bertz CT molecular complexity index is 1530. The second kappa shape index (κ2) is 8.72. The third-order valence-corrected chi connectivity index (χ3v) is 7.32. The average Bonchev–Trinajstić information content (AvgIpc) is 3.33. The minimum absolute atomic E-state index is 0.821. The molecule has 2 N–H and O–H groups in total. The van der Waals surface area contributed by atoms with Crippen molar-refractivity contribution in [1.29, 1.82) is 0 Å². The molecule has 0 saturated carbocycles. The van der Waals surface area contributed by atoms with E-state index in [9.17, 15) is 0 Å². The Hall–Kier alpha value is -3.63. The summed E-state index contributed by atoms with van der Waals surface area (Å²) < 4.78 is 3.59. The zero-order valence-electron chi connectivity index (χ0n) is 19.2. The fraction of sp³-hybridized carbons (Fsp3) is 0.138. The molecule has 2 aromatic heterocycles. The number of nitrogens with two attached hydrogens (primary N) is 1. The van der Waals surface area contributed by atoms with Gasteiger partial charge in [0.15, 0.2) is 0 Å². The highest BCUT2D eigenvalue weighted by atomic mass is 32.1. The molecule has 0 bridgehead atoms. The maximum absolute atomic E-state index is 6.84. The molecule has 0 saturated heterocycles. The predicted molar refractivity (Wildman–Crippen MR) is 146 cm³/mol. The van der Waals surface area contributed by atoms with E-state index in [2.05, 4.69) is 102 Å². The SMILES string of the molecule is CC=N/C(=C\CC)c1cccc(-n2c(-c3sc4ccccc4c3C)c(N)c3ccccc32)c1. The number of benzene rings is 3. The first kappa shape index (κ1) is 21.2. The van der Waals surface area contributed by atoms with Gasteiger partial charge in [0.2, 0.25) is 0 Å². The van der Waals surface area contributed by atoms with Crippen molar-refractivity contribution < 1.29 is 0 Å². The van der Waals surface area contributed by atoms with Crippen LogP contribution in [0, 0.1) is 6.92 Å². The van der Waals surface area contributed by atoms with E-state index in [1.165, 1.54) is 20.5 Å². The molecule has 5 rings (SSSR count). The van der Waals surface area contributed by atoms with Crippen molar-refractivity contribution in [3.63, 3.8) is 0 Å². The number of thiophene rings is 1. The summed E-state index contributed by atoms with van der Waals surface area (Å²) in [5.74, 6) is 0. The first-order valence-electron chi connectivity index (χ1n) is 11.3. The molecule has 3 nitrogen and oxygen atoms in total. The number of para-hydroxylation sites is 1. The largest absolute Gasteiger partial charge is 0.396 e. The van der Waals surface area contributed by atoms with Crippen molar-refractivity contribution in [2.75, 3.05) is 5.73 Å². The number of anilines is 1. The highest BCUT2D eigenvalue weighted by Gasteiger charge is 2.22. The number of aryl methyl sites for hydroxylation is 1. The molecule has 0 fully saturated rings. The molecule has 3 aromatic carbocycles. The van der Waals surface area contributed by atoms with Gasteiger partial charge in [-0.15, -0.1) is 11.3 Å². The van der Waals surface area contributed by atoms with Gasteiger partial charge in [-0.05, 0) is 55.5 Å². The first-order chi connectivity index (χ1) is 16.1. The fourth-order valence-corrected chi connectivity index (χ4v) is 5.80. The van der Waals surface area contributed by atoms with Gasteiger partial charge in [-0.2, -0.15) is 0 Å². The molecule has 33 heavy (non-hydrogen) atoms. The quantitative estimate of drug-likeness (QED) is 0.270. The van der Waals surface area contributed by atoms with Crippen LogP contribution in [-0.4, -0.2) is 10.8 Å². The van der Waals surface area contributed by atoms with Gasteiger partial charge >= 0.3 is 0 Å². The maximum atomic E-state index is 6.84. The van der Waals surface area contributed by atoms with Crippen LogP contribution in [0.5, 0.6) is 0 Å². The lowest BCUT2D eigenvalue weighted by Gasteiger charge is -2.13. The molecule has 5 aromatic rings. The third kappa shape index (κ3) is 3.57. The Kier molecular flexibility index (Phi) is 5.61. The van der Waals surface area contributed by atoms with Gasteiger partial charge in [-0.3, -0.25) is 4.99 Å². The Morgan fingerprint density at radius 1 is 1.00 bits per heavy atom. The van der Waals surface area contributed by atoms with Gasteiger partial charge in [0, 0.05) is 27.6 Å². The van der Waals surface area contributed by atoms with Gasteiger partial charge in [-0.25, -0.2) is 0 Å². The normalized spacial score (nSPS) is 12.4. The highest BCUT2D eigenvalue weighted by Crippen LogP contribution is 2.45. The molecule has 0 aliphatic heterocycles. The van der Waals surface area contributed by atoms with Gasteiger partial charge in [0.25, 0.3) is 0 Å². The molecule has 0 atom stereocenters. The number of fused-ring (bicyclic) bond motifs is 2. The summed E-state index contributed by atoms with van der Waals surface area (Å²) in [6.07, 6.45) is 4.95. The molecule has 164 valence electrons. The van der Waals surface area contributed by atoms with Crippen LogP contribution in [0.1, 0.15) is 31.4 Å². The monoisotopic (exact) mass is 449 g/mol. The van der Waals surface area contributed by atoms with Crippen molar-refractivity contribution in [2.24, 2.45) is 4.99 Å². The molecular weight excluding hydrogens is 422 g/mol. The van der Waals surface area contributed by atoms with E-state index in [0.29, 0.717) is 0 Å². The lowest BCUT2D eigenvalue weighted by atomic mass is 10.1. The van der Waals surface area contributed by atoms with Crippen LogP contribution in [0.15, 0.2) is 83.9 Å². The number of rotatable bonds is 5. The Balaban J connectivity index is 1.82. The number of aliphatic imine (C=N–C) groups is 1. The lowest BCUT2D eigenvalue weighted by molar-refractivity contribution is 1.13. The van der Waals surface area contributed by atoms with E-state index in [1.807, 2.05) is 13.1 Å². The van der Waals surface area contributed by atoms with Crippen LogP contribution in [0.4, 0.5) is 5.69 Å². The average molecular weight is 450 g/mol. The third-order valence-electron chi connectivity index (χ3n) is 6.04. The number of allylic oxidation sites excluding steroid dienone is 1. The molecule has 0 amide bonds. The first-order valence-corrected chi connectivity index (χ1v) is 12.1. The van der Waals surface area contributed by atoms with Gasteiger partial charge in [0.05, 0.1) is 27.5 Å². The molecule has 0 aliphatic carbocycles. The number of nitrogens with zero attached hydrogens (tertiary/aromatic N) is 2. The predicted octanol–water partition coefficient (Wildman–Crippen LogP) is 8.24. The molecule has 0 spiro atoms. The maximum Gasteiger partial charge on any atom is 0.0875 e. The summed E-state index contributed by atoms with van der Waals surface area (Å²) in [4.78, 5) is 5.83. The van der Waals surface area contributed by atoms with Crippen LogP contribution in [0.25, 0.3) is 42.9 Å². The smallest absolute Gasteiger partial charge is 0.0875 e. The van der Waals surface area contributed by atoms with Crippen LogP contribution in [0.2, 0.25) is 0 Å². The van der Waals surface area contributed by atoms with Crippen molar-refractivity contribution in [1.82, 2.24) is 4.57 Å². The molecule has 0 aliphatic rings. The summed E-state index contributed by atoms with van der Waals surface area (Å²) >= 11 is 1.81. The molecule has 2 heterocycles. The van der Waals surface area contributed by atoms with E-state index in [0.717, 1.165) is 45.7 Å².